The van der Waals surface area contributed by atoms with Crippen LogP contribution in [0.3, 0.4) is 0 Å². The third-order valence-electron chi connectivity index (χ3n) is 2.30. The quantitative estimate of drug-likeness (QED) is 0.768. The number of nitrogens with two attached hydrogens (primary N) is 1. The van der Waals surface area contributed by atoms with Gasteiger partial charge in [0.1, 0.15) is 0 Å². The number of anilines is 1. The second-order valence-corrected chi connectivity index (χ2v) is 3.43. The average Bonchev–Trinajstić information content (AvgIpc) is 2.65. The molecule has 0 spiro atoms. The lowest BCUT2D eigenvalue weighted by Crippen LogP contribution is -2.28. The van der Waals surface area contributed by atoms with Crippen molar-refractivity contribution in [2.45, 2.75) is 39.3 Å². The lowest BCUT2D eigenvalue weighted by molar-refractivity contribution is 0.471. The van der Waals surface area contributed by atoms with Crippen molar-refractivity contribution in [2.75, 3.05) is 11.9 Å². The van der Waals surface area contributed by atoms with Crippen molar-refractivity contribution in [3.05, 3.63) is 5.89 Å². The molecular formula is C9H18N4O. The molecule has 1 aromatic heterocycles. The van der Waals surface area contributed by atoms with Gasteiger partial charge >= 0.3 is 6.01 Å². The van der Waals surface area contributed by atoms with Gasteiger partial charge in [-0.1, -0.05) is 18.4 Å². The molecule has 2 N–H and O–H groups in total. The Kier molecular flexibility index (Phi) is 3.88. The van der Waals surface area contributed by atoms with Gasteiger partial charge in [0.25, 0.3) is 0 Å². The number of hydrogen-bond donors (Lipinski definition) is 1. The number of rotatable bonds is 5. The molecule has 1 aromatic rings. The Morgan fingerprint density at radius 3 is 2.71 bits per heavy atom. The van der Waals surface area contributed by atoms with Gasteiger partial charge in [-0.05, 0) is 13.3 Å². The maximum absolute atomic E-state index is 5.38. The van der Waals surface area contributed by atoms with Crippen LogP contribution < -0.4 is 10.6 Å². The summed E-state index contributed by atoms with van der Waals surface area (Å²) in [6, 6.07) is 0.956. The zero-order valence-electron chi connectivity index (χ0n) is 9.03. The Morgan fingerprint density at radius 2 is 2.21 bits per heavy atom. The van der Waals surface area contributed by atoms with E-state index in [9.17, 15) is 0 Å². The molecule has 0 aliphatic rings. The fraction of sp³-hybridized carbons (Fsp3) is 0.778. The minimum absolute atomic E-state index is 0.295. The van der Waals surface area contributed by atoms with Crippen LogP contribution in [-0.2, 0) is 6.54 Å². The van der Waals surface area contributed by atoms with Crippen LogP contribution in [0.25, 0.3) is 0 Å². The van der Waals surface area contributed by atoms with E-state index in [4.69, 9.17) is 10.2 Å². The van der Waals surface area contributed by atoms with Crippen molar-refractivity contribution in [3.63, 3.8) is 0 Å². The highest BCUT2D eigenvalue weighted by Gasteiger charge is 2.14. The highest BCUT2D eigenvalue weighted by Crippen LogP contribution is 2.15. The van der Waals surface area contributed by atoms with E-state index >= 15 is 0 Å². The van der Waals surface area contributed by atoms with Gasteiger partial charge in [-0.15, -0.1) is 5.10 Å². The van der Waals surface area contributed by atoms with Gasteiger partial charge in [0, 0.05) is 13.1 Å². The van der Waals surface area contributed by atoms with Crippen molar-refractivity contribution in [1.29, 1.82) is 0 Å². The number of aromatic nitrogens is 2. The summed E-state index contributed by atoms with van der Waals surface area (Å²) >= 11 is 0. The zero-order valence-corrected chi connectivity index (χ0v) is 9.03. The van der Waals surface area contributed by atoms with Gasteiger partial charge in [0.15, 0.2) is 0 Å². The van der Waals surface area contributed by atoms with Crippen LogP contribution in [0.2, 0.25) is 0 Å². The van der Waals surface area contributed by atoms with E-state index < -0.39 is 0 Å². The molecule has 80 valence electrons. The summed E-state index contributed by atoms with van der Waals surface area (Å²) in [7, 11) is 1.95. The molecule has 0 aliphatic carbocycles. The van der Waals surface area contributed by atoms with E-state index in [1.165, 1.54) is 0 Å². The summed E-state index contributed by atoms with van der Waals surface area (Å²) in [5, 5.41) is 7.73. The summed E-state index contributed by atoms with van der Waals surface area (Å²) in [5.41, 5.74) is 5.38. The third-order valence-corrected chi connectivity index (χ3v) is 2.30. The summed E-state index contributed by atoms with van der Waals surface area (Å²) in [5.74, 6) is 0.482. The Hall–Kier alpha value is -1.10. The van der Waals surface area contributed by atoms with E-state index in [-0.39, 0.29) is 0 Å². The molecule has 0 radical (unpaired) electrons. The van der Waals surface area contributed by atoms with Crippen LogP contribution in [0.5, 0.6) is 0 Å². The molecular weight excluding hydrogens is 180 g/mol. The molecule has 5 nitrogen and oxygen atoms in total. The average molecular weight is 198 g/mol. The van der Waals surface area contributed by atoms with E-state index in [0.717, 1.165) is 12.8 Å². The molecule has 0 aliphatic heterocycles. The molecule has 1 unspecified atom stereocenters. The Bertz CT molecular complexity index is 274. The first kappa shape index (κ1) is 11.0. The van der Waals surface area contributed by atoms with Crippen LogP contribution in [-0.4, -0.2) is 23.3 Å². The molecule has 0 bridgehead atoms. The van der Waals surface area contributed by atoms with Crippen LogP contribution in [0, 0.1) is 0 Å². The lowest BCUT2D eigenvalue weighted by atomic mass is 10.2. The fourth-order valence-electron chi connectivity index (χ4n) is 1.27. The smallest absolute Gasteiger partial charge is 0.318 e. The maximum atomic E-state index is 5.38. The Morgan fingerprint density at radius 1 is 1.50 bits per heavy atom. The minimum Gasteiger partial charge on any atom is -0.407 e. The van der Waals surface area contributed by atoms with E-state index in [1.54, 1.807) is 0 Å². The molecule has 0 amide bonds. The number of nitrogens with zero attached hydrogens (tertiary/aromatic N) is 3. The summed E-state index contributed by atoms with van der Waals surface area (Å²) in [6.07, 6.45) is 2.25. The molecule has 0 fully saturated rings. The largest absolute Gasteiger partial charge is 0.407 e. The lowest BCUT2D eigenvalue weighted by Gasteiger charge is -2.21. The van der Waals surface area contributed by atoms with Crippen molar-refractivity contribution < 1.29 is 4.42 Å². The first-order chi connectivity index (χ1) is 6.69. The monoisotopic (exact) mass is 198 g/mol. The standard InChI is InChI=1S/C9H18N4O/c1-4-5-7(2)13(3)9-12-11-8(6-10)14-9/h7H,4-6,10H2,1-3H3. The second kappa shape index (κ2) is 4.95. The van der Waals surface area contributed by atoms with Crippen LogP contribution in [0.4, 0.5) is 6.01 Å². The predicted molar refractivity (Wildman–Crippen MR) is 55.0 cm³/mol. The summed E-state index contributed by atoms with van der Waals surface area (Å²) in [4.78, 5) is 1.98. The highest BCUT2D eigenvalue weighted by atomic mass is 16.4. The molecule has 0 aromatic carbocycles. The molecule has 5 heteroatoms. The van der Waals surface area contributed by atoms with Crippen molar-refractivity contribution in [3.8, 4) is 0 Å². The van der Waals surface area contributed by atoms with Crippen LogP contribution in [0.1, 0.15) is 32.6 Å². The van der Waals surface area contributed by atoms with Gasteiger partial charge in [0.05, 0.1) is 6.54 Å². The first-order valence-corrected chi connectivity index (χ1v) is 4.94. The van der Waals surface area contributed by atoms with E-state index in [0.29, 0.717) is 24.5 Å². The summed E-state index contributed by atoms with van der Waals surface area (Å²) in [6.45, 7) is 4.59. The second-order valence-electron chi connectivity index (χ2n) is 3.43. The molecule has 1 atom stereocenters. The zero-order chi connectivity index (χ0) is 10.6. The normalized spacial score (nSPS) is 12.9. The Labute approximate surface area is 84.3 Å². The third kappa shape index (κ3) is 2.45. The highest BCUT2D eigenvalue weighted by molar-refractivity contribution is 5.23. The van der Waals surface area contributed by atoms with E-state index in [1.807, 2.05) is 11.9 Å². The van der Waals surface area contributed by atoms with Gasteiger partial charge in [0.2, 0.25) is 5.89 Å². The summed E-state index contributed by atoms with van der Waals surface area (Å²) < 4.78 is 5.34. The number of hydrogen-bond acceptors (Lipinski definition) is 5. The minimum atomic E-state index is 0.295. The molecule has 0 saturated heterocycles. The SMILES string of the molecule is CCCC(C)N(C)c1nnc(CN)o1. The first-order valence-electron chi connectivity index (χ1n) is 4.94. The molecule has 14 heavy (non-hydrogen) atoms. The van der Waals surface area contributed by atoms with Crippen LogP contribution >= 0.6 is 0 Å². The Balaban J connectivity index is 2.63. The van der Waals surface area contributed by atoms with Gasteiger partial charge in [-0.25, -0.2) is 0 Å². The van der Waals surface area contributed by atoms with Gasteiger partial charge < -0.3 is 15.1 Å². The maximum Gasteiger partial charge on any atom is 0.318 e. The molecule has 0 saturated carbocycles. The molecule has 1 rings (SSSR count). The topological polar surface area (TPSA) is 68.2 Å². The van der Waals surface area contributed by atoms with Crippen molar-refractivity contribution >= 4 is 6.01 Å². The predicted octanol–water partition coefficient (Wildman–Crippen LogP) is 1.15. The van der Waals surface area contributed by atoms with E-state index in [2.05, 4.69) is 24.0 Å². The van der Waals surface area contributed by atoms with Crippen LogP contribution in [0.15, 0.2) is 4.42 Å². The van der Waals surface area contributed by atoms with Crippen molar-refractivity contribution in [1.82, 2.24) is 10.2 Å². The van der Waals surface area contributed by atoms with Gasteiger partial charge in [-0.2, -0.15) is 0 Å². The fourth-order valence-corrected chi connectivity index (χ4v) is 1.27. The molecule has 1 heterocycles. The van der Waals surface area contributed by atoms with Gasteiger partial charge in [-0.3, -0.25) is 0 Å². The van der Waals surface area contributed by atoms with Crippen molar-refractivity contribution in [2.24, 2.45) is 5.73 Å².